The second kappa shape index (κ2) is 7.74. The van der Waals surface area contributed by atoms with Crippen LogP contribution in [0.25, 0.3) is 0 Å². The maximum Gasteiger partial charge on any atom is 0.235 e. The van der Waals surface area contributed by atoms with Gasteiger partial charge in [-0.2, -0.15) is 0 Å². The monoisotopic (exact) mass is 276 g/mol. The zero-order valence-electron chi connectivity index (χ0n) is 11.1. The Labute approximate surface area is 110 Å². The van der Waals surface area contributed by atoms with Crippen LogP contribution in [0.2, 0.25) is 0 Å². The van der Waals surface area contributed by atoms with Gasteiger partial charge in [0.05, 0.1) is 5.75 Å². The molecule has 0 aromatic rings. The lowest BCUT2D eigenvalue weighted by Gasteiger charge is -2.06. The van der Waals surface area contributed by atoms with E-state index in [1.54, 1.807) is 0 Å². The summed E-state index contributed by atoms with van der Waals surface area (Å²) in [5, 5.41) is 5.92. The molecule has 18 heavy (non-hydrogen) atoms. The molecule has 106 valence electrons. The molecule has 0 radical (unpaired) electrons. The Kier molecular flexibility index (Phi) is 6.63. The van der Waals surface area contributed by atoms with Gasteiger partial charge in [-0.1, -0.05) is 6.92 Å². The first kappa shape index (κ1) is 15.4. The maximum absolute atomic E-state index is 11.6. The van der Waals surface area contributed by atoms with Crippen LogP contribution in [0.3, 0.4) is 0 Å². The molecule has 0 bridgehead atoms. The number of amides is 1. The highest BCUT2D eigenvalue weighted by Crippen LogP contribution is 2.18. The maximum atomic E-state index is 11.6. The fourth-order valence-corrected chi connectivity index (χ4v) is 2.92. The molecule has 0 heterocycles. The number of hydrogen-bond acceptors (Lipinski definition) is 4. The Hall–Kier alpha value is -0.620. The number of carbonyl (C=O) groups excluding carboxylic acids is 1. The minimum atomic E-state index is -3.24. The van der Waals surface area contributed by atoms with Crippen LogP contribution in [0, 0.1) is 0 Å². The van der Waals surface area contributed by atoms with Gasteiger partial charge in [0.2, 0.25) is 5.91 Å². The largest absolute Gasteiger partial charge is 0.355 e. The van der Waals surface area contributed by atoms with Gasteiger partial charge in [0.25, 0.3) is 0 Å². The van der Waals surface area contributed by atoms with Gasteiger partial charge >= 0.3 is 0 Å². The predicted octanol–water partition coefficient (Wildman–Crippen LogP) is 0.460. The molecule has 5 nitrogen and oxygen atoms in total. The zero-order valence-corrected chi connectivity index (χ0v) is 11.9. The summed E-state index contributed by atoms with van der Waals surface area (Å²) in [7, 11) is -3.24. The normalized spacial score (nSPS) is 15.6. The molecule has 1 saturated carbocycles. The summed E-state index contributed by atoms with van der Waals surface area (Å²) < 4.78 is 23.3. The highest BCUT2D eigenvalue weighted by atomic mass is 32.2. The summed E-state index contributed by atoms with van der Waals surface area (Å²) in [6.45, 7) is 3.35. The molecule has 1 fully saturated rings. The number of sulfone groups is 1. The standard InChI is InChI=1S/C12H24N2O3S/c1-2-7-14-12(15)10-18(16,17)9-4-3-8-13-11-5-6-11/h11,13H,2-10H2,1H3,(H,14,15). The SMILES string of the molecule is CCCNC(=O)CS(=O)(=O)CCCCNC1CC1. The van der Waals surface area contributed by atoms with Crippen molar-refractivity contribution < 1.29 is 13.2 Å². The van der Waals surface area contributed by atoms with Crippen LogP contribution < -0.4 is 10.6 Å². The smallest absolute Gasteiger partial charge is 0.235 e. The van der Waals surface area contributed by atoms with E-state index >= 15 is 0 Å². The van der Waals surface area contributed by atoms with Crippen molar-refractivity contribution in [3.63, 3.8) is 0 Å². The van der Waals surface area contributed by atoms with Crippen LogP contribution in [-0.4, -0.2) is 45.0 Å². The summed E-state index contributed by atoms with van der Waals surface area (Å²) in [6.07, 6.45) is 4.79. The molecule has 0 atom stereocenters. The molecule has 2 N–H and O–H groups in total. The van der Waals surface area contributed by atoms with Crippen LogP contribution in [0.5, 0.6) is 0 Å². The predicted molar refractivity (Wildman–Crippen MR) is 72.2 cm³/mol. The lowest BCUT2D eigenvalue weighted by molar-refractivity contribution is -0.118. The van der Waals surface area contributed by atoms with E-state index in [1.165, 1.54) is 12.8 Å². The minimum Gasteiger partial charge on any atom is -0.355 e. The third-order valence-corrected chi connectivity index (χ3v) is 4.43. The Balaban J connectivity index is 2.07. The molecule has 0 aromatic carbocycles. The topological polar surface area (TPSA) is 75.3 Å². The highest BCUT2D eigenvalue weighted by Gasteiger charge is 2.20. The van der Waals surface area contributed by atoms with E-state index in [-0.39, 0.29) is 17.4 Å². The van der Waals surface area contributed by atoms with Gasteiger partial charge < -0.3 is 10.6 Å². The Bertz CT molecular complexity index is 350. The molecule has 0 spiro atoms. The molecule has 1 aliphatic carbocycles. The number of nitrogens with one attached hydrogen (secondary N) is 2. The average molecular weight is 276 g/mol. The van der Waals surface area contributed by atoms with E-state index in [2.05, 4.69) is 10.6 Å². The third-order valence-electron chi connectivity index (χ3n) is 2.82. The van der Waals surface area contributed by atoms with E-state index in [0.29, 0.717) is 19.0 Å². The summed E-state index contributed by atoms with van der Waals surface area (Å²) in [6, 6.07) is 0.668. The minimum absolute atomic E-state index is 0.110. The van der Waals surface area contributed by atoms with E-state index in [9.17, 15) is 13.2 Å². The molecular formula is C12H24N2O3S. The summed E-state index contributed by atoms with van der Waals surface area (Å²) in [5.74, 6) is -0.643. The van der Waals surface area contributed by atoms with Gasteiger partial charge in [0, 0.05) is 12.6 Å². The van der Waals surface area contributed by atoms with E-state index in [4.69, 9.17) is 0 Å². The van der Waals surface area contributed by atoms with Gasteiger partial charge in [-0.3, -0.25) is 4.79 Å². The number of unbranched alkanes of at least 4 members (excludes halogenated alkanes) is 1. The quantitative estimate of drug-likeness (QED) is 0.568. The molecule has 1 amide bonds. The first-order valence-electron chi connectivity index (χ1n) is 6.74. The number of rotatable bonds is 10. The first-order chi connectivity index (χ1) is 8.53. The van der Waals surface area contributed by atoms with Gasteiger partial charge in [-0.25, -0.2) is 8.42 Å². The molecular weight excluding hydrogens is 252 g/mol. The second-order valence-corrected chi connectivity index (χ2v) is 7.06. The first-order valence-corrected chi connectivity index (χ1v) is 8.56. The molecule has 0 aliphatic heterocycles. The van der Waals surface area contributed by atoms with Gasteiger partial charge in [0.1, 0.15) is 5.75 Å². The lowest BCUT2D eigenvalue weighted by Crippen LogP contribution is -2.31. The zero-order chi connectivity index (χ0) is 13.4. The highest BCUT2D eigenvalue weighted by molar-refractivity contribution is 7.92. The van der Waals surface area contributed by atoms with Crippen molar-refractivity contribution in [2.24, 2.45) is 0 Å². The van der Waals surface area contributed by atoms with E-state index < -0.39 is 9.84 Å². The van der Waals surface area contributed by atoms with Crippen LogP contribution in [0.1, 0.15) is 39.0 Å². The van der Waals surface area contributed by atoms with Crippen molar-refractivity contribution in [1.29, 1.82) is 0 Å². The van der Waals surface area contributed by atoms with E-state index in [0.717, 1.165) is 19.4 Å². The summed E-state index contributed by atoms with van der Waals surface area (Å²) in [4.78, 5) is 11.3. The summed E-state index contributed by atoms with van der Waals surface area (Å²) in [5.41, 5.74) is 0. The van der Waals surface area contributed by atoms with E-state index in [1.807, 2.05) is 6.92 Å². The molecule has 0 saturated heterocycles. The second-order valence-electron chi connectivity index (χ2n) is 4.88. The fraction of sp³-hybridized carbons (Fsp3) is 0.917. The average Bonchev–Trinajstić information content (AvgIpc) is 3.09. The van der Waals surface area contributed by atoms with Crippen LogP contribution in [0.4, 0.5) is 0 Å². The van der Waals surface area contributed by atoms with Crippen molar-refractivity contribution in [2.75, 3.05) is 24.6 Å². The molecule has 1 rings (SSSR count). The van der Waals surface area contributed by atoms with Gasteiger partial charge in [-0.15, -0.1) is 0 Å². The van der Waals surface area contributed by atoms with Crippen LogP contribution >= 0.6 is 0 Å². The van der Waals surface area contributed by atoms with Crippen molar-refractivity contribution in [3.05, 3.63) is 0 Å². The van der Waals surface area contributed by atoms with Gasteiger partial charge in [0.15, 0.2) is 9.84 Å². The third kappa shape index (κ3) is 7.66. The fourth-order valence-electron chi connectivity index (χ4n) is 1.63. The van der Waals surface area contributed by atoms with Gasteiger partial charge in [-0.05, 0) is 38.6 Å². The molecule has 6 heteroatoms. The molecule has 0 unspecified atom stereocenters. The number of carbonyl (C=O) groups is 1. The van der Waals surface area contributed by atoms with Crippen molar-refractivity contribution in [1.82, 2.24) is 10.6 Å². The molecule has 0 aromatic heterocycles. The van der Waals surface area contributed by atoms with Crippen molar-refractivity contribution in [2.45, 2.75) is 45.1 Å². The van der Waals surface area contributed by atoms with Crippen LogP contribution in [-0.2, 0) is 14.6 Å². The lowest BCUT2D eigenvalue weighted by atomic mass is 10.3. The molecule has 1 aliphatic rings. The number of hydrogen-bond donors (Lipinski definition) is 2. The van der Waals surface area contributed by atoms with Crippen molar-refractivity contribution >= 4 is 15.7 Å². The Morgan fingerprint density at radius 2 is 1.94 bits per heavy atom. The van der Waals surface area contributed by atoms with Crippen LogP contribution in [0.15, 0.2) is 0 Å². The summed E-state index contributed by atoms with van der Waals surface area (Å²) >= 11 is 0. The Morgan fingerprint density at radius 3 is 2.56 bits per heavy atom. The van der Waals surface area contributed by atoms with Crippen molar-refractivity contribution in [3.8, 4) is 0 Å². The Morgan fingerprint density at radius 1 is 1.22 bits per heavy atom.